The molecule has 0 bridgehead atoms. The van der Waals surface area contributed by atoms with E-state index in [1.165, 1.54) is 6.42 Å². The van der Waals surface area contributed by atoms with Crippen molar-refractivity contribution in [2.24, 2.45) is 0 Å². The zero-order chi connectivity index (χ0) is 13.0. The Labute approximate surface area is 120 Å². The minimum atomic E-state index is -0.325. The molecule has 5 nitrogen and oxygen atoms in total. The lowest BCUT2D eigenvalue weighted by Gasteiger charge is -2.17. The zero-order valence-electron chi connectivity index (χ0n) is 9.99. The summed E-state index contributed by atoms with van der Waals surface area (Å²) in [5.74, 6) is 0. The molecule has 2 N–H and O–H groups in total. The Kier molecular flexibility index (Phi) is 4.76. The van der Waals surface area contributed by atoms with Crippen LogP contribution in [0.1, 0.15) is 19.3 Å². The molecule has 2 rings (SSSR count). The van der Waals surface area contributed by atoms with E-state index in [9.17, 15) is 10.1 Å². The maximum Gasteiger partial charge on any atom is 0.293 e. The molecule has 98 valence electrons. The van der Waals surface area contributed by atoms with Crippen LogP contribution in [0, 0.1) is 13.7 Å². The summed E-state index contributed by atoms with van der Waals surface area (Å²) in [5, 5.41) is 17.7. The molecule has 1 aromatic carbocycles. The number of nitro groups is 1. The zero-order valence-corrected chi connectivity index (χ0v) is 12.1. The number of nitro benzene ring substituents is 1. The van der Waals surface area contributed by atoms with Crippen LogP contribution in [-0.4, -0.2) is 24.1 Å². The number of anilines is 1. The minimum Gasteiger partial charge on any atom is -0.375 e. The molecule has 1 aromatic rings. The van der Waals surface area contributed by atoms with Crippen LogP contribution < -0.4 is 10.6 Å². The highest BCUT2D eigenvalue weighted by molar-refractivity contribution is 14.1. The van der Waals surface area contributed by atoms with Crippen molar-refractivity contribution < 1.29 is 4.92 Å². The summed E-state index contributed by atoms with van der Waals surface area (Å²) in [4.78, 5) is 10.7. The number of nitrogens with one attached hydrogen (secondary N) is 2. The quantitative estimate of drug-likeness (QED) is 0.494. The topological polar surface area (TPSA) is 67.2 Å². The van der Waals surface area contributed by atoms with Crippen molar-refractivity contribution in [2.45, 2.75) is 25.3 Å². The van der Waals surface area contributed by atoms with Gasteiger partial charge in [-0.2, -0.15) is 0 Å². The summed E-state index contributed by atoms with van der Waals surface area (Å²) in [7, 11) is 0. The van der Waals surface area contributed by atoms with Gasteiger partial charge < -0.3 is 10.6 Å². The van der Waals surface area contributed by atoms with Gasteiger partial charge in [0.05, 0.1) is 4.92 Å². The molecule has 6 heteroatoms. The first kappa shape index (κ1) is 13.5. The standard InChI is InChI=1S/C12H16IN3O2/c13-9-4-5-11(12(7-9)16(17)18)15-10-3-1-2-6-14-8-10/h4-5,7,10,14-15H,1-3,6,8H2. The van der Waals surface area contributed by atoms with Crippen molar-refractivity contribution in [2.75, 3.05) is 18.4 Å². The van der Waals surface area contributed by atoms with E-state index in [1.807, 2.05) is 6.07 Å². The van der Waals surface area contributed by atoms with Gasteiger partial charge in [0.25, 0.3) is 5.69 Å². The lowest BCUT2D eigenvalue weighted by Crippen LogP contribution is -2.31. The van der Waals surface area contributed by atoms with Crippen molar-refractivity contribution in [3.05, 3.63) is 31.9 Å². The molecule has 0 spiro atoms. The molecule has 0 aliphatic carbocycles. The van der Waals surface area contributed by atoms with Crippen LogP contribution in [0.15, 0.2) is 18.2 Å². The van der Waals surface area contributed by atoms with E-state index < -0.39 is 0 Å². The van der Waals surface area contributed by atoms with Gasteiger partial charge in [0.2, 0.25) is 0 Å². The molecule has 0 amide bonds. The fourth-order valence-electron chi connectivity index (χ4n) is 2.14. The third-order valence-corrected chi connectivity index (χ3v) is 3.73. The van der Waals surface area contributed by atoms with Gasteiger partial charge in [-0.05, 0) is 54.1 Å². The van der Waals surface area contributed by atoms with Crippen LogP contribution in [0.4, 0.5) is 11.4 Å². The highest BCUT2D eigenvalue weighted by Gasteiger charge is 2.18. The second kappa shape index (κ2) is 6.33. The Bertz CT molecular complexity index is 431. The van der Waals surface area contributed by atoms with Gasteiger partial charge in [0, 0.05) is 22.2 Å². The Morgan fingerprint density at radius 2 is 2.28 bits per heavy atom. The monoisotopic (exact) mass is 361 g/mol. The maximum atomic E-state index is 11.0. The van der Waals surface area contributed by atoms with Crippen LogP contribution in [0.25, 0.3) is 0 Å². The molecular formula is C12H16IN3O2. The molecule has 18 heavy (non-hydrogen) atoms. The third-order valence-electron chi connectivity index (χ3n) is 3.06. The van der Waals surface area contributed by atoms with E-state index >= 15 is 0 Å². The predicted molar refractivity (Wildman–Crippen MR) is 79.9 cm³/mol. The summed E-state index contributed by atoms with van der Waals surface area (Å²) in [6.07, 6.45) is 3.38. The average molecular weight is 361 g/mol. The molecule has 0 aromatic heterocycles. The number of nitrogens with zero attached hydrogens (tertiary/aromatic N) is 1. The first-order valence-corrected chi connectivity index (χ1v) is 7.16. The second-order valence-corrected chi connectivity index (χ2v) is 5.71. The van der Waals surface area contributed by atoms with E-state index in [0.717, 1.165) is 29.5 Å². The number of hydrogen-bond acceptors (Lipinski definition) is 4. The Hall–Kier alpha value is -0.890. The molecule has 1 unspecified atom stereocenters. The van der Waals surface area contributed by atoms with Crippen molar-refractivity contribution in [1.29, 1.82) is 0 Å². The summed E-state index contributed by atoms with van der Waals surface area (Å²) in [6.45, 7) is 1.90. The Balaban J connectivity index is 2.14. The molecule has 1 fully saturated rings. The van der Waals surface area contributed by atoms with E-state index in [4.69, 9.17) is 0 Å². The predicted octanol–water partition coefficient (Wildman–Crippen LogP) is 2.75. The van der Waals surface area contributed by atoms with Gasteiger partial charge in [-0.25, -0.2) is 0 Å². The first-order valence-electron chi connectivity index (χ1n) is 6.08. The summed E-state index contributed by atoms with van der Waals surface area (Å²) in [6, 6.07) is 5.56. The number of benzene rings is 1. The summed E-state index contributed by atoms with van der Waals surface area (Å²) >= 11 is 2.09. The number of halogens is 1. The van der Waals surface area contributed by atoms with Crippen LogP contribution in [0.2, 0.25) is 0 Å². The van der Waals surface area contributed by atoms with Crippen LogP contribution >= 0.6 is 22.6 Å². The highest BCUT2D eigenvalue weighted by atomic mass is 127. The summed E-state index contributed by atoms with van der Waals surface area (Å²) in [5.41, 5.74) is 0.778. The SMILES string of the molecule is O=[N+]([O-])c1cc(I)ccc1NC1CCCCNC1. The molecular weight excluding hydrogens is 345 g/mol. The van der Waals surface area contributed by atoms with Crippen molar-refractivity contribution in [3.8, 4) is 0 Å². The fourth-order valence-corrected chi connectivity index (χ4v) is 2.61. The molecule has 0 radical (unpaired) electrons. The molecule has 1 atom stereocenters. The van der Waals surface area contributed by atoms with Gasteiger partial charge in [-0.3, -0.25) is 10.1 Å². The second-order valence-electron chi connectivity index (χ2n) is 4.46. The lowest BCUT2D eigenvalue weighted by atomic mass is 10.1. The van der Waals surface area contributed by atoms with Crippen molar-refractivity contribution >= 4 is 34.0 Å². The van der Waals surface area contributed by atoms with E-state index in [0.29, 0.717) is 5.69 Å². The lowest BCUT2D eigenvalue weighted by molar-refractivity contribution is -0.384. The average Bonchev–Trinajstić information content (AvgIpc) is 2.60. The van der Waals surface area contributed by atoms with E-state index in [-0.39, 0.29) is 16.7 Å². The normalized spacial score (nSPS) is 20.2. The van der Waals surface area contributed by atoms with Crippen LogP contribution in [0.5, 0.6) is 0 Å². The molecule has 1 aliphatic rings. The Morgan fingerprint density at radius 1 is 1.44 bits per heavy atom. The van der Waals surface area contributed by atoms with Gasteiger partial charge in [0.1, 0.15) is 5.69 Å². The van der Waals surface area contributed by atoms with Crippen molar-refractivity contribution in [3.63, 3.8) is 0 Å². The first-order chi connectivity index (χ1) is 8.66. The van der Waals surface area contributed by atoms with Gasteiger partial charge in [-0.1, -0.05) is 6.42 Å². The molecule has 1 heterocycles. The third kappa shape index (κ3) is 3.55. The number of rotatable bonds is 3. The molecule has 1 aliphatic heterocycles. The Morgan fingerprint density at radius 3 is 3.06 bits per heavy atom. The van der Waals surface area contributed by atoms with Crippen LogP contribution in [0.3, 0.4) is 0 Å². The largest absolute Gasteiger partial charge is 0.375 e. The van der Waals surface area contributed by atoms with Crippen molar-refractivity contribution in [1.82, 2.24) is 5.32 Å². The highest BCUT2D eigenvalue weighted by Crippen LogP contribution is 2.27. The minimum absolute atomic E-state index is 0.158. The number of hydrogen-bond donors (Lipinski definition) is 2. The fraction of sp³-hybridized carbons (Fsp3) is 0.500. The maximum absolute atomic E-state index is 11.0. The smallest absolute Gasteiger partial charge is 0.293 e. The molecule has 0 saturated carbocycles. The van der Waals surface area contributed by atoms with Gasteiger partial charge in [-0.15, -0.1) is 0 Å². The summed E-state index contributed by atoms with van der Waals surface area (Å²) < 4.78 is 0.879. The van der Waals surface area contributed by atoms with Gasteiger partial charge >= 0.3 is 0 Å². The van der Waals surface area contributed by atoms with Crippen LogP contribution in [-0.2, 0) is 0 Å². The van der Waals surface area contributed by atoms with E-state index in [2.05, 4.69) is 33.2 Å². The molecule has 1 saturated heterocycles. The van der Waals surface area contributed by atoms with Gasteiger partial charge in [0.15, 0.2) is 0 Å². The van der Waals surface area contributed by atoms with E-state index in [1.54, 1.807) is 12.1 Å².